The summed E-state index contributed by atoms with van der Waals surface area (Å²) in [6, 6.07) is 2.90. The standard InChI is InChI=1S/C18H22F3N3O3S2/c1-5-11(2)24(10-16(25)23-17-22-12(3)13(4)28-17)29(26,27)15-8-6-7-14(9-15)18(19,20)21/h6-9,11H,5,10H2,1-4H3,(H,22,23,25). The Morgan fingerprint density at radius 3 is 2.48 bits per heavy atom. The molecule has 6 nitrogen and oxygen atoms in total. The summed E-state index contributed by atoms with van der Waals surface area (Å²) in [5.74, 6) is -0.616. The van der Waals surface area contributed by atoms with E-state index in [0.29, 0.717) is 17.6 Å². The van der Waals surface area contributed by atoms with E-state index in [1.165, 1.54) is 11.3 Å². The third-order valence-corrected chi connectivity index (χ3v) is 7.37. The Morgan fingerprint density at radius 2 is 1.97 bits per heavy atom. The second kappa shape index (κ2) is 8.80. The van der Waals surface area contributed by atoms with Crippen molar-refractivity contribution in [1.29, 1.82) is 0 Å². The van der Waals surface area contributed by atoms with Crippen molar-refractivity contribution >= 4 is 32.4 Å². The fraction of sp³-hybridized carbons (Fsp3) is 0.444. The first-order valence-electron chi connectivity index (χ1n) is 8.79. The second-order valence-corrected chi connectivity index (χ2v) is 9.64. The van der Waals surface area contributed by atoms with Crippen LogP contribution >= 0.6 is 11.3 Å². The molecule has 1 aromatic carbocycles. The number of aromatic nitrogens is 1. The summed E-state index contributed by atoms with van der Waals surface area (Å²) in [5, 5.41) is 2.89. The lowest BCUT2D eigenvalue weighted by atomic mass is 10.2. The molecule has 1 N–H and O–H groups in total. The lowest BCUT2D eigenvalue weighted by Gasteiger charge is -2.27. The largest absolute Gasteiger partial charge is 0.416 e. The Kier molecular flexibility index (Phi) is 7.07. The van der Waals surface area contributed by atoms with Crippen molar-refractivity contribution < 1.29 is 26.4 Å². The van der Waals surface area contributed by atoms with Crippen LogP contribution in [0.4, 0.5) is 18.3 Å². The first-order chi connectivity index (χ1) is 13.4. The van der Waals surface area contributed by atoms with E-state index in [4.69, 9.17) is 0 Å². The van der Waals surface area contributed by atoms with Crippen LogP contribution in [0.5, 0.6) is 0 Å². The van der Waals surface area contributed by atoms with Gasteiger partial charge in [-0.1, -0.05) is 13.0 Å². The quantitative estimate of drug-likeness (QED) is 0.687. The fourth-order valence-electron chi connectivity index (χ4n) is 2.48. The van der Waals surface area contributed by atoms with Gasteiger partial charge in [0, 0.05) is 10.9 Å². The maximum Gasteiger partial charge on any atom is 0.416 e. The molecular weight excluding hydrogens is 427 g/mol. The van der Waals surface area contributed by atoms with Gasteiger partial charge in [0.05, 0.1) is 22.7 Å². The number of nitrogens with zero attached hydrogens (tertiary/aromatic N) is 2. The van der Waals surface area contributed by atoms with Gasteiger partial charge in [0.2, 0.25) is 15.9 Å². The molecule has 0 radical (unpaired) electrons. The first kappa shape index (κ1) is 23.3. The highest BCUT2D eigenvalue weighted by molar-refractivity contribution is 7.89. The topological polar surface area (TPSA) is 79.4 Å². The van der Waals surface area contributed by atoms with Gasteiger partial charge in [0.25, 0.3) is 0 Å². The minimum atomic E-state index is -4.68. The van der Waals surface area contributed by atoms with E-state index in [1.54, 1.807) is 20.8 Å². The zero-order valence-corrected chi connectivity index (χ0v) is 18.0. The highest BCUT2D eigenvalue weighted by Gasteiger charge is 2.34. The molecule has 0 aliphatic carbocycles. The van der Waals surface area contributed by atoms with Crippen LogP contribution < -0.4 is 5.32 Å². The van der Waals surface area contributed by atoms with Crippen molar-refractivity contribution in [2.24, 2.45) is 0 Å². The van der Waals surface area contributed by atoms with Crippen LogP contribution in [0.2, 0.25) is 0 Å². The predicted molar refractivity (Wildman–Crippen MR) is 105 cm³/mol. The second-order valence-electron chi connectivity index (χ2n) is 6.54. The Hall–Kier alpha value is -1.98. The van der Waals surface area contributed by atoms with E-state index in [2.05, 4.69) is 10.3 Å². The molecule has 1 atom stereocenters. The minimum absolute atomic E-state index is 0.338. The molecule has 0 saturated carbocycles. The number of hydrogen-bond donors (Lipinski definition) is 1. The first-order valence-corrected chi connectivity index (χ1v) is 11.0. The molecule has 0 spiro atoms. The lowest BCUT2D eigenvalue weighted by Crippen LogP contribution is -2.43. The Morgan fingerprint density at radius 1 is 1.31 bits per heavy atom. The molecular formula is C18H22F3N3O3S2. The Labute approximate surface area is 171 Å². The van der Waals surface area contributed by atoms with Crippen molar-refractivity contribution in [3.63, 3.8) is 0 Å². The molecule has 1 heterocycles. The number of halogens is 3. The number of benzene rings is 1. The lowest BCUT2D eigenvalue weighted by molar-refractivity contribution is -0.137. The number of anilines is 1. The van der Waals surface area contributed by atoms with Gasteiger partial charge in [-0.2, -0.15) is 17.5 Å². The van der Waals surface area contributed by atoms with Crippen LogP contribution in [0.3, 0.4) is 0 Å². The SMILES string of the molecule is CCC(C)N(CC(=O)Nc1nc(C)c(C)s1)S(=O)(=O)c1cccc(C(F)(F)F)c1. The average molecular weight is 450 g/mol. The maximum atomic E-state index is 13.0. The van der Waals surface area contributed by atoms with E-state index >= 15 is 0 Å². The third-order valence-electron chi connectivity index (χ3n) is 4.42. The van der Waals surface area contributed by atoms with E-state index < -0.39 is 45.2 Å². The average Bonchev–Trinajstić information content (AvgIpc) is 2.95. The molecule has 0 saturated heterocycles. The summed E-state index contributed by atoms with van der Waals surface area (Å²) in [6.07, 6.45) is -4.30. The molecule has 0 aliphatic heterocycles. The van der Waals surface area contributed by atoms with Crippen molar-refractivity contribution in [2.45, 2.75) is 51.2 Å². The van der Waals surface area contributed by atoms with Crippen LogP contribution in [-0.2, 0) is 21.0 Å². The van der Waals surface area contributed by atoms with Crippen molar-refractivity contribution in [3.8, 4) is 0 Å². The normalized spacial score (nSPS) is 13.5. The molecule has 11 heteroatoms. The van der Waals surface area contributed by atoms with E-state index in [9.17, 15) is 26.4 Å². The minimum Gasteiger partial charge on any atom is -0.301 e. The molecule has 2 rings (SSSR count). The summed E-state index contributed by atoms with van der Waals surface area (Å²) < 4.78 is 65.9. The van der Waals surface area contributed by atoms with Gasteiger partial charge in [-0.15, -0.1) is 11.3 Å². The third kappa shape index (κ3) is 5.55. The number of hydrogen-bond acceptors (Lipinski definition) is 5. The highest BCUT2D eigenvalue weighted by Crippen LogP contribution is 2.31. The van der Waals surface area contributed by atoms with Gasteiger partial charge in [0.1, 0.15) is 0 Å². The van der Waals surface area contributed by atoms with E-state index in [0.717, 1.165) is 33.1 Å². The predicted octanol–water partition coefficient (Wildman–Crippen LogP) is 4.21. The highest BCUT2D eigenvalue weighted by atomic mass is 32.2. The Balaban J connectivity index is 2.32. The number of nitrogens with one attached hydrogen (secondary N) is 1. The van der Waals surface area contributed by atoms with E-state index in [-0.39, 0.29) is 0 Å². The summed E-state index contributed by atoms with van der Waals surface area (Å²) in [5.41, 5.74) is -0.318. The van der Waals surface area contributed by atoms with Gasteiger partial charge >= 0.3 is 6.18 Å². The number of carbonyl (C=O) groups is 1. The van der Waals surface area contributed by atoms with Gasteiger partial charge in [-0.3, -0.25) is 4.79 Å². The molecule has 1 unspecified atom stereocenters. The van der Waals surface area contributed by atoms with Crippen LogP contribution in [0.25, 0.3) is 0 Å². The number of rotatable bonds is 7. The van der Waals surface area contributed by atoms with Crippen molar-refractivity contribution in [1.82, 2.24) is 9.29 Å². The van der Waals surface area contributed by atoms with Gasteiger partial charge in [0.15, 0.2) is 5.13 Å². The van der Waals surface area contributed by atoms with Crippen LogP contribution in [0, 0.1) is 13.8 Å². The van der Waals surface area contributed by atoms with Crippen molar-refractivity contribution in [3.05, 3.63) is 40.4 Å². The molecule has 0 bridgehead atoms. The van der Waals surface area contributed by atoms with Crippen LogP contribution in [0.15, 0.2) is 29.2 Å². The van der Waals surface area contributed by atoms with Gasteiger partial charge < -0.3 is 5.32 Å². The summed E-state index contributed by atoms with van der Waals surface area (Å²) in [4.78, 5) is 17.0. The maximum absolute atomic E-state index is 13.0. The molecule has 0 fully saturated rings. The number of carbonyl (C=O) groups excluding carboxylic acids is 1. The zero-order valence-electron chi connectivity index (χ0n) is 16.4. The van der Waals surface area contributed by atoms with Crippen LogP contribution in [0.1, 0.15) is 36.4 Å². The zero-order chi connectivity index (χ0) is 22.0. The summed E-state index contributed by atoms with van der Waals surface area (Å²) in [6.45, 7) is 6.41. The number of thiazole rings is 1. The number of amides is 1. The number of sulfonamides is 1. The summed E-state index contributed by atoms with van der Waals surface area (Å²) >= 11 is 1.26. The molecule has 1 amide bonds. The van der Waals surface area contributed by atoms with E-state index in [1.807, 2.05) is 6.92 Å². The van der Waals surface area contributed by atoms with Crippen molar-refractivity contribution in [2.75, 3.05) is 11.9 Å². The Bertz CT molecular complexity index is 968. The summed E-state index contributed by atoms with van der Waals surface area (Å²) in [7, 11) is -4.33. The number of aryl methyl sites for hydroxylation is 2. The van der Waals surface area contributed by atoms with Gasteiger partial charge in [-0.25, -0.2) is 13.4 Å². The van der Waals surface area contributed by atoms with Crippen LogP contribution in [-0.4, -0.2) is 36.2 Å². The van der Waals surface area contributed by atoms with Gasteiger partial charge in [-0.05, 0) is 45.4 Å². The molecule has 1 aromatic heterocycles. The molecule has 0 aliphatic rings. The molecule has 2 aromatic rings. The fourth-order valence-corrected chi connectivity index (χ4v) is 5.01. The molecule has 29 heavy (non-hydrogen) atoms. The molecule has 160 valence electrons. The monoisotopic (exact) mass is 449 g/mol. The smallest absolute Gasteiger partial charge is 0.301 e. The number of alkyl halides is 3.